The number of hydrogen-bond acceptors (Lipinski definition) is 4. The van der Waals surface area contributed by atoms with Crippen LogP contribution in [0, 0.1) is 19.8 Å². The Hall–Kier alpha value is -3.55. The maximum atomic E-state index is 14.1. The second-order valence-corrected chi connectivity index (χ2v) is 9.73. The first kappa shape index (κ1) is 26.5. The molecule has 0 unspecified atom stereocenters. The predicted octanol–water partition coefficient (Wildman–Crippen LogP) is 6.84. The monoisotopic (exact) mass is 508 g/mol. The van der Waals surface area contributed by atoms with Gasteiger partial charge in [0.25, 0.3) is 11.5 Å². The summed E-state index contributed by atoms with van der Waals surface area (Å²) in [7, 11) is 0. The molecular weight excluding hydrogens is 477 g/mol. The van der Waals surface area contributed by atoms with Crippen LogP contribution in [-0.2, 0) is 12.5 Å². The summed E-state index contributed by atoms with van der Waals surface area (Å²) in [4.78, 5) is 25.6. The lowest BCUT2D eigenvalue weighted by atomic mass is 9.84. The average molecular weight is 509 g/mol. The number of hydrogen-bond donors (Lipinski definition) is 0. The van der Waals surface area contributed by atoms with E-state index in [1.807, 2.05) is 32.0 Å². The Morgan fingerprint density at radius 2 is 1.76 bits per heavy atom. The van der Waals surface area contributed by atoms with Gasteiger partial charge in [0.05, 0.1) is 12.2 Å². The van der Waals surface area contributed by atoms with Crippen LogP contribution >= 0.6 is 0 Å². The standard InChI is InChI=1S/C23H25F2N3O.C6H6FN/c1-15-10-11-17-13-18(16-7-4-3-5-8-16)22(29)28(21(17)27-15)14-20-19(23(2,24)25)9-6-12-26-20;1-5-2-3-8-6(7)4-5/h6,9-13,16H,3-5,7-8,14H2,1-2H3;2-4H,1H3. The third-order valence-electron chi connectivity index (χ3n) is 6.70. The lowest BCUT2D eigenvalue weighted by molar-refractivity contribution is 0.0160. The van der Waals surface area contributed by atoms with Crippen molar-refractivity contribution in [2.75, 3.05) is 0 Å². The molecule has 37 heavy (non-hydrogen) atoms. The molecule has 0 saturated heterocycles. The molecule has 1 aliphatic carbocycles. The Kier molecular flexibility index (Phi) is 8.05. The molecule has 4 aromatic heterocycles. The number of halogens is 3. The smallest absolute Gasteiger partial charge is 0.272 e. The van der Waals surface area contributed by atoms with E-state index in [9.17, 15) is 18.0 Å². The van der Waals surface area contributed by atoms with Crippen molar-refractivity contribution in [3.05, 3.63) is 99.2 Å². The average Bonchev–Trinajstić information content (AvgIpc) is 2.86. The van der Waals surface area contributed by atoms with Crippen molar-refractivity contribution in [3.8, 4) is 0 Å². The SMILES string of the molecule is Cc1ccc2cc(C3CCCCC3)c(=O)n(Cc3ncccc3C(C)(F)F)c2n1.Cc1ccnc(F)c1. The maximum absolute atomic E-state index is 14.1. The third kappa shape index (κ3) is 6.42. The van der Waals surface area contributed by atoms with Crippen LogP contribution in [0.4, 0.5) is 13.2 Å². The predicted molar refractivity (Wildman–Crippen MR) is 138 cm³/mol. The molecule has 4 heterocycles. The first-order valence-corrected chi connectivity index (χ1v) is 12.5. The van der Waals surface area contributed by atoms with E-state index in [0.717, 1.165) is 54.8 Å². The van der Waals surface area contributed by atoms with Crippen molar-refractivity contribution in [2.45, 2.75) is 71.3 Å². The van der Waals surface area contributed by atoms with Crippen molar-refractivity contribution in [1.82, 2.24) is 19.5 Å². The van der Waals surface area contributed by atoms with Gasteiger partial charge in [0, 0.05) is 41.5 Å². The van der Waals surface area contributed by atoms with Gasteiger partial charge in [-0.1, -0.05) is 19.3 Å². The lowest BCUT2D eigenvalue weighted by Crippen LogP contribution is -2.29. The van der Waals surface area contributed by atoms with E-state index in [0.29, 0.717) is 5.65 Å². The van der Waals surface area contributed by atoms with E-state index in [1.165, 1.54) is 41.6 Å². The van der Waals surface area contributed by atoms with Crippen LogP contribution in [0.5, 0.6) is 0 Å². The minimum Gasteiger partial charge on any atom is -0.286 e. The quantitative estimate of drug-likeness (QED) is 0.283. The number of pyridine rings is 4. The Bertz CT molecular complexity index is 1420. The molecule has 5 rings (SSSR count). The van der Waals surface area contributed by atoms with Crippen LogP contribution < -0.4 is 5.56 Å². The Morgan fingerprint density at radius 1 is 1.00 bits per heavy atom. The van der Waals surface area contributed by atoms with E-state index in [2.05, 4.69) is 15.0 Å². The molecule has 0 spiro atoms. The molecule has 0 amide bonds. The number of alkyl halides is 2. The van der Waals surface area contributed by atoms with Gasteiger partial charge in [-0.3, -0.25) is 14.3 Å². The van der Waals surface area contributed by atoms with Crippen molar-refractivity contribution in [1.29, 1.82) is 0 Å². The fourth-order valence-corrected chi connectivity index (χ4v) is 4.83. The molecule has 1 saturated carbocycles. The normalized spacial score (nSPS) is 14.3. The van der Waals surface area contributed by atoms with E-state index >= 15 is 0 Å². The summed E-state index contributed by atoms with van der Waals surface area (Å²) < 4.78 is 41.8. The fourth-order valence-electron chi connectivity index (χ4n) is 4.83. The van der Waals surface area contributed by atoms with Gasteiger partial charge in [-0.15, -0.1) is 0 Å². The minimum atomic E-state index is -3.03. The van der Waals surface area contributed by atoms with Crippen LogP contribution in [0.25, 0.3) is 11.0 Å². The summed E-state index contributed by atoms with van der Waals surface area (Å²) >= 11 is 0. The lowest BCUT2D eigenvalue weighted by Gasteiger charge is -2.23. The number of aromatic nitrogens is 4. The van der Waals surface area contributed by atoms with Crippen molar-refractivity contribution in [3.63, 3.8) is 0 Å². The molecule has 1 fully saturated rings. The Labute approximate surface area is 214 Å². The van der Waals surface area contributed by atoms with Gasteiger partial charge in [0.2, 0.25) is 5.95 Å². The van der Waals surface area contributed by atoms with Crippen molar-refractivity contribution < 1.29 is 13.2 Å². The topological polar surface area (TPSA) is 60.7 Å². The van der Waals surface area contributed by atoms with Gasteiger partial charge >= 0.3 is 0 Å². The maximum Gasteiger partial charge on any atom is 0.272 e. The van der Waals surface area contributed by atoms with E-state index in [-0.39, 0.29) is 29.3 Å². The highest BCUT2D eigenvalue weighted by atomic mass is 19.3. The first-order valence-electron chi connectivity index (χ1n) is 12.5. The molecule has 4 aromatic rings. The molecule has 194 valence electrons. The molecule has 0 bridgehead atoms. The minimum absolute atomic E-state index is 0.0219. The largest absolute Gasteiger partial charge is 0.286 e. The Balaban J connectivity index is 0.000000342. The summed E-state index contributed by atoms with van der Waals surface area (Å²) in [5.41, 5.74) is 2.87. The third-order valence-corrected chi connectivity index (χ3v) is 6.70. The van der Waals surface area contributed by atoms with Gasteiger partial charge in [-0.05, 0) is 80.6 Å². The molecule has 1 aliphatic rings. The zero-order valence-corrected chi connectivity index (χ0v) is 21.3. The number of fused-ring (bicyclic) bond motifs is 1. The molecule has 5 nitrogen and oxygen atoms in total. The van der Waals surface area contributed by atoms with Crippen LogP contribution in [0.1, 0.15) is 73.0 Å². The fraction of sp³-hybridized carbons (Fsp3) is 0.379. The highest BCUT2D eigenvalue weighted by molar-refractivity contribution is 5.76. The zero-order valence-electron chi connectivity index (χ0n) is 21.3. The highest BCUT2D eigenvalue weighted by Gasteiger charge is 2.29. The van der Waals surface area contributed by atoms with Crippen LogP contribution in [0.3, 0.4) is 0 Å². The van der Waals surface area contributed by atoms with Gasteiger partial charge in [0.15, 0.2) is 0 Å². The summed E-state index contributed by atoms with van der Waals surface area (Å²) in [5.74, 6) is -3.23. The van der Waals surface area contributed by atoms with Crippen LogP contribution in [0.15, 0.2) is 59.7 Å². The molecule has 0 atom stereocenters. The van der Waals surface area contributed by atoms with E-state index < -0.39 is 11.9 Å². The molecular formula is C29H31F3N4O. The number of nitrogens with zero attached hydrogens (tertiary/aromatic N) is 4. The summed E-state index contributed by atoms with van der Waals surface area (Å²) in [6.07, 6.45) is 8.33. The Morgan fingerprint density at radius 3 is 2.41 bits per heavy atom. The molecule has 0 aliphatic heterocycles. The van der Waals surface area contributed by atoms with Gasteiger partial charge in [-0.25, -0.2) is 18.7 Å². The second kappa shape index (κ2) is 11.2. The molecule has 0 aromatic carbocycles. The zero-order chi connectivity index (χ0) is 26.6. The first-order chi connectivity index (χ1) is 17.6. The molecule has 8 heteroatoms. The van der Waals surface area contributed by atoms with Crippen LogP contribution in [-0.4, -0.2) is 19.5 Å². The molecule has 0 radical (unpaired) electrons. The summed E-state index contributed by atoms with van der Waals surface area (Å²) in [6, 6.07) is 11.8. The van der Waals surface area contributed by atoms with Crippen molar-refractivity contribution >= 4 is 11.0 Å². The highest BCUT2D eigenvalue weighted by Crippen LogP contribution is 2.33. The van der Waals surface area contributed by atoms with E-state index in [1.54, 1.807) is 6.07 Å². The molecule has 0 N–H and O–H groups in total. The van der Waals surface area contributed by atoms with E-state index in [4.69, 9.17) is 0 Å². The van der Waals surface area contributed by atoms with Gasteiger partial charge in [0.1, 0.15) is 5.65 Å². The number of aryl methyl sites for hydroxylation is 2. The number of rotatable bonds is 4. The summed E-state index contributed by atoms with van der Waals surface area (Å²) in [5, 5.41) is 0.858. The van der Waals surface area contributed by atoms with Crippen molar-refractivity contribution in [2.24, 2.45) is 0 Å². The van der Waals surface area contributed by atoms with Gasteiger partial charge in [-0.2, -0.15) is 4.39 Å². The van der Waals surface area contributed by atoms with Gasteiger partial charge < -0.3 is 0 Å². The summed E-state index contributed by atoms with van der Waals surface area (Å²) in [6.45, 7) is 4.52. The second-order valence-electron chi connectivity index (χ2n) is 9.73. The van der Waals surface area contributed by atoms with Crippen LogP contribution in [0.2, 0.25) is 0 Å².